The Hall–Kier alpha value is -3.85. The van der Waals surface area contributed by atoms with Crippen molar-refractivity contribution in [2.45, 2.75) is 4.90 Å². The fourth-order valence-corrected chi connectivity index (χ4v) is 3.58. The zero-order chi connectivity index (χ0) is 21.6. The molecule has 4 N–H and O–H groups in total. The second-order valence-electron chi connectivity index (χ2n) is 6.19. The van der Waals surface area contributed by atoms with Crippen molar-refractivity contribution in [3.63, 3.8) is 0 Å². The minimum absolute atomic E-state index is 0.0385. The van der Waals surface area contributed by atoms with E-state index in [4.69, 9.17) is 10.5 Å². The molecule has 0 aliphatic rings. The number of nitrogens with one attached hydrogen (secondary N) is 2. The van der Waals surface area contributed by atoms with Crippen molar-refractivity contribution in [3.05, 3.63) is 84.4 Å². The molecule has 0 heterocycles. The van der Waals surface area contributed by atoms with Crippen LogP contribution in [0.4, 0.5) is 5.69 Å². The molecule has 0 aliphatic heterocycles. The van der Waals surface area contributed by atoms with Crippen LogP contribution in [0.15, 0.2) is 83.8 Å². The number of carbonyl (C=O) groups is 2. The fourth-order valence-electron chi connectivity index (χ4n) is 2.51. The Kier molecular flexibility index (Phi) is 6.33. The summed E-state index contributed by atoms with van der Waals surface area (Å²) in [5.74, 6) is -0.305. The summed E-state index contributed by atoms with van der Waals surface area (Å²) in [5.41, 5.74) is 5.45. The van der Waals surface area contributed by atoms with Crippen molar-refractivity contribution in [2.24, 2.45) is 5.73 Å². The lowest BCUT2D eigenvalue weighted by atomic mass is 10.2. The summed E-state index contributed by atoms with van der Waals surface area (Å²) in [7, 11) is -3.93. The van der Waals surface area contributed by atoms with Gasteiger partial charge in [0.25, 0.3) is 15.9 Å². The fraction of sp³-hybridized carbons (Fsp3) is 0.0476. The lowest BCUT2D eigenvalue weighted by Crippen LogP contribution is -2.33. The molecule has 0 saturated heterocycles. The van der Waals surface area contributed by atoms with Gasteiger partial charge in [0.15, 0.2) is 5.75 Å². The van der Waals surface area contributed by atoms with Crippen LogP contribution in [0.3, 0.4) is 0 Å². The monoisotopic (exact) mass is 425 g/mol. The standard InChI is InChI=1S/C21H19N3O5S/c22-20(25)14-23-21(26)15-10-12-17(13-11-15)30(27,28)24-18-8-4-5-9-19(18)29-16-6-2-1-3-7-16/h1-13,24H,14H2,(H2,22,25)(H,23,26). The van der Waals surface area contributed by atoms with Gasteiger partial charge in [-0.2, -0.15) is 0 Å². The van der Waals surface area contributed by atoms with Crippen molar-refractivity contribution in [2.75, 3.05) is 11.3 Å². The molecule has 3 aromatic rings. The third-order valence-corrected chi connectivity index (χ3v) is 5.33. The first-order valence-corrected chi connectivity index (χ1v) is 10.3. The molecule has 154 valence electrons. The number of benzene rings is 3. The number of ether oxygens (including phenoxy) is 1. The van der Waals surface area contributed by atoms with Crippen LogP contribution < -0.4 is 20.5 Å². The molecule has 0 saturated carbocycles. The number of sulfonamides is 1. The summed E-state index contributed by atoms with van der Waals surface area (Å²) in [5, 5.41) is 2.33. The average molecular weight is 425 g/mol. The quantitative estimate of drug-likeness (QED) is 0.511. The predicted molar refractivity (Wildman–Crippen MR) is 112 cm³/mol. The maximum absolute atomic E-state index is 12.8. The van der Waals surface area contributed by atoms with Gasteiger partial charge in [-0.3, -0.25) is 14.3 Å². The zero-order valence-electron chi connectivity index (χ0n) is 15.7. The zero-order valence-corrected chi connectivity index (χ0v) is 16.6. The van der Waals surface area contributed by atoms with Crippen molar-refractivity contribution in [1.29, 1.82) is 0 Å². The molecular formula is C21H19N3O5S. The Balaban J connectivity index is 1.77. The molecule has 0 spiro atoms. The minimum atomic E-state index is -3.93. The van der Waals surface area contributed by atoms with E-state index in [0.717, 1.165) is 0 Å². The Bertz CT molecular complexity index is 1150. The first-order chi connectivity index (χ1) is 14.3. The molecule has 0 fully saturated rings. The largest absolute Gasteiger partial charge is 0.455 e. The summed E-state index contributed by atoms with van der Waals surface area (Å²) in [6, 6.07) is 20.9. The Morgan fingerprint density at radius 3 is 2.17 bits per heavy atom. The molecule has 30 heavy (non-hydrogen) atoms. The van der Waals surface area contributed by atoms with Gasteiger partial charge in [-0.15, -0.1) is 0 Å². The molecule has 3 rings (SSSR count). The SMILES string of the molecule is NC(=O)CNC(=O)c1ccc(S(=O)(=O)Nc2ccccc2Oc2ccccc2)cc1. The highest BCUT2D eigenvalue weighted by atomic mass is 32.2. The van der Waals surface area contributed by atoms with Crippen molar-refractivity contribution in [1.82, 2.24) is 5.32 Å². The number of nitrogens with two attached hydrogens (primary N) is 1. The predicted octanol–water partition coefficient (Wildman–Crippen LogP) is 2.49. The van der Waals surface area contributed by atoms with Gasteiger partial charge in [-0.25, -0.2) is 8.42 Å². The summed E-state index contributed by atoms with van der Waals surface area (Å²) in [6.45, 7) is -0.307. The van der Waals surface area contributed by atoms with E-state index < -0.39 is 21.8 Å². The molecule has 0 bridgehead atoms. The lowest BCUT2D eigenvalue weighted by molar-refractivity contribution is -0.117. The van der Waals surface area contributed by atoms with Crippen molar-refractivity contribution >= 4 is 27.5 Å². The van der Waals surface area contributed by atoms with E-state index in [2.05, 4.69) is 10.0 Å². The number of anilines is 1. The number of hydrogen-bond acceptors (Lipinski definition) is 5. The average Bonchev–Trinajstić information content (AvgIpc) is 2.74. The Labute approximate surface area is 173 Å². The third-order valence-electron chi connectivity index (χ3n) is 3.95. The number of hydrogen-bond donors (Lipinski definition) is 3. The lowest BCUT2D eigenvalue weighted by Gasteiger charge is -2.13. The van der Waals surface area contributed by atoms with Gasteiger partial charge in [-0.1, -0.05) is 30.3 Å². The van der Waals surface area contributed by atoms with E-state index in [0.29, 0.717) is 11.5 Å². The summed E-state index contributed by atoms with van der Waals surface area (Å²) < 4.78 is 33.8. The highest BCUT2D eigenvalue weighted by molar-refractivity contribution is 7.92. The summed E-state index contributed by atoms with van der Waals surface area (Å²) >= 11 is 0. The van der Waals surface area contributed by atoms with Crippen LogP contribution >= 0.6 is 0 Å². The maximum atomic E-state index is 12.8. The van der Waals surface area contributed by atoms with Crippen molar-refractivity contribution < 1.29 is 22.7 Å². The first-order valence-electron chi connectivity index (χ1n) is 8.86. The topological polar surface area (TPSA) is 128 Å². The molecule has 0 aliphatic carbocycles. The van der Waals surface area contributed by atoms with E-state index in [9.17, 15) is 18.0 Å². The van der Waals surface area contributed by atoms with Gasteiger partial charge >= 0.3 is 0 Å². The molecular weight excluding hydrogens is 406 g/mol. The van der Waals surface area contributed by atoms with E-state index in [1.807, 2.05) is 18.2 Å². The number of para-hydroxylation sites is 3. The van der Waals surface area contributed by atoms with Gasteiger partial charge in [-0.05, 0) is 48.5 Å². The molecule has 2 amide bonds. The molecule has 0 radical (unpaired) electrons. The van der Waals surface area contributed by atoms with Gasteiger partial charge in [0.05, 0.1) is 17.1 Å². The van der Waals surface area contributed by atoms with Crippen LogP contribution in [-0.2, 0) is 14.8 Å². The smallest absolute Gasteiger partial charge is 0.262 e. The summed E-state index contributed by atoms with van der Waals surface area (Å²) in [4.78, 5) is 22.6. The van der Waals surface area contributed by atoms with Gasteiger partial charge in [0, 0.05) is 5.56 Å². The first kappa shape index (κ1) is 20.9. The molecule has 0 atom stereocenters. The van der Waals surface area contributed by atoms with Crippen LogP contribution in [-0.4, -0.2) is 26.8 Å². The number of rotatable bonds is 8. The highest BCUT2D eigenvalue weighted by Gasteiger charge is 2.17. The number of amides is 2. The molecule has 3 aromatic carbocycles. The van der Waals surface area contributed by atoms with E-state index >= 15 is 0 Å². The second kappa shape index (κ2) is 9.10. The van der Waals surface area contributed by atoms with Crippen LogP contribution in [0.2, 0.25) is 0 Å². The summed E-state index contributed by atoms with van der Waals surface area (Å²) in [6.07, 6.45) is 0. The molecule has 0 aromatic heterocycles. The van der Waals surface area contributed by atoms with E-state index in [1.54, 1.807) is 36.4 Å². The van der Waals surface area contributed by atoms with E-state index in [-0.39, 0.29) is 22.7 Å². The van der Waals surface area contributed by atoms with Crippen LogP contribution in [0, 0.1) is 0 Å². The van der Waals surface area contributed by atoms with Gasteiger partial charge < -0.3 is 15.8 Å². The Morgan fingerprint density at radius 1 is 0.867 bits per heavy atom. The molecule has 0 unspecified atom stereocenters. The van der Waals surface area contributed by atoms with Crippen LogP contribution in [0.1, 0.15) is 10.4 Å². The third kappa shape index (κ3) is 5.36. The van der Waals surface area contributed by atoms with Crippen LogP contribution in [0.5, 0.6) is 11.5 Å². The molecule has 9 heteroatoms. The van der Waals surface area contributed by atoms with Gasteiger partial charge in [0.1, 0.15) is 5.75 Å². The highest BCUT2D eigenvalue weighted by Crippen LogP contribution is 2.30. The normalized spacial score (nSPS) is 10.8. The van der Waals surface area contributed by atoms with Crippen molar-refractivity contribution in [3.8, 4) is 11.5 Å². The van der Waals surface area contributed by atoms with E-state index in [1.165, 1.54) is 24.3 Å². The Morgan fingerprint density at radius 2 is 1.50 bits per heavy atom. The van der Waals surface area contributed by atoms with Crippen LogP contribution in [0.25, 0.3) is 0 Å². The maximum Gasteiger partial charge on any atom is 0.262 e. The second-order valence-corrected chi connectivity index (χ2v) is 7.87. The minimum Gasteiger partial charge on any atom is -0.455 e. The van der Waals surface area contributed by atoms with Gasteiger partial charge in [0.2, 0.25) is 5.91 Å². The molecule has 8 nitrogen and oxygen atoms in total. The number of primary amides is 1. The number of carbonyl (C=O) groups excluding carboxylic acids is 2.